The lowest BCUT2D eigenvalue weighted by Crippen LogP contribution is -2.55. The van der Waals surface area contributed by atoms with Crippen LogP contribution in [0.15, 0.2) is 158 Å². The van der Waals surface area contributed by atoms with Crippen LogP contribution in [0.3, 0.4) is 0 Å². The van der Waals surface area contributed by atoms with E-state index >= 15 is 0 Å². The number of hydrogen-bond acceptors (Lipinski definition) is 2. The molecule has 0 amide bonds. The molecule has 1 aliphatic rings. The molecule has 0 saturated carbocycles. The monoisotopic (exact) mass is 709 g/mol. The number of hydrogen-bond donors (Lipinski definition) is 0. The number of benzene rings is 8. The number of ether oxygens (including phenoxy) is 1. The lowest BCUT2D eigenvalue weighted by atomic mass is 9.34. The Bertz CT molecular complexity index is 2590. The van der Waals surface area contributed by atoms with Gasteiger partial charge in [0, 0.05) is 34.1 Å². The first-order valence-electron chi connectivity index (χ1n) is 19.3. The molecular weight excluding hydrogens is 665 g/mol. The first kappa shape index (κ1) is 34.5. The molecule has 0 bridgehead atoms. The van der Waals surface area contributed by atoms with Crippen LogP contribution >= 0.6 is 0 Å². The molecule has 1 heterocycles. The normalized spacial score (nSPS) is 11.6. The average molecular weight is 710 g/mol. The van der Waals surface area contributed by atoms with Crippen molar-refractivity contribution in [3.8, 4) is 33.8 Å². The Labute approximate surface area is 325 Å². The summed E-state index contributed by atoms with van der Waals surface area (Å²) in [5.41, 5.74) is 20.1. The first-order valence-corrected chi connectivity index (χ1v) is 19.3. The molecule has 0 unspecified atom stereocenters. The van der Waals surface area contributed by atoms with Gasteiger partial charge in [-0.3, -0.25) is 0 Å². The zero-order valence-electron chi connectivity index (χ0n) is 32.4. The number of aryl methyl sites for hydroxylation is 6. The predicted octanol–water partition coefficient (Wildman–Crippen LogP) is 12.1. The molecule has 266 valence electrons. The molecular formula is C52H44BNO. The van der Waals surface area contributed by atoms with E-state index in [1.165, 1.54) is 71.8 Å². The van der Waals surface area contributed by atoms with Crippen LogP contribution in [0.25, 0.3) is 33.0 Å². The minimum absolute atomic E-state index is 0.140. The second-order valence-corrected chi connectivity index (χ2v) is 15.3. The van der Waals surface area contributed by atoms with Gasteiger partial charge in [0.25, 0.3) is 0 Å². The third-order valence-corrected chi connectivity index (χ3v) is 11.4. The Hall–Kier alpha value is -6.32. The summed E-state index contributed by atoms with van der Waals surface area (Å²) in [6.07, 6.45) is 0. The van der Waals surface area contributed by atoms with Gasteiger partial charge in [-0.2, -0.15) is 0 Å². The van der Waals surface area contributed by atoms with Crippen LogP contribution in [0, 0.1) is 41.5 Å². The van der Waals surface area contributed by atoms with Gasteiger partial charge in [0.2, 0.25) is 6.71 Å². The molecule has 0 fully saturated rings. The standard InChI is InChI=1S/C52H44BNO/c1-33-28-35(3)51(36(4)29-33)53(52-37(5)30-34(2)31-38(52)6)40-22-20-39(21-23-40)44-26-27-47-45-25-24-43(32-49(45)55-48-19-13-18-46(44)50(47)48)54(41-14-9-7-10-15-41)42-16-11-8-12-17-42/h7-32H,1-6H3. The van der Waals surface area contributed by atoms with E-state index in [4.69, 9.17) is 4.74 Å². The molecule has 9 rings (SSSR count). The maximum atomic E-state index is 6.79. The summed E-state index contributed by atoms with van der Waals surface area (Å²) in [4.78, 5) is 2.28. The Morgan fingerprint density at radius 2 is 0.945 bits per heavy atom. The zero-order valence-corrected chi connectivity index (χ0v) is 32.4. The van der Waals surface area contributed by atoms with Crippen LogP contribution < -0.4 is 26.0 Å². The van der Waals surface area contributed by atoms with Crippen molar-refractivity contribution in [3.05, 3.63) is 191 Å². The van der Waals surface area contributed by atoms with E-state index in [9.17, 15) is 0 Å². The summed E-state index contributed by atoms with van der Waals surface area (Å²) in [5.74, 6) is 1.75. The van der Waals surface area contributed by atoms with Gasteiger partial charge < -0.3 is 9.64 Å². The second-order valence-electron chi connectivity index (χ2n) is 15.3. The van der Waals surface area contributed by atoms with E-state index in [0.717, 1.165) is 39.5 Å². The highest BCUT2D eigenvalue weighted by molar-refractivity contribution is 6.96. The molecule has 0 aliphatic carbocycles. The maximum absolute atomic E-state index is 6.79. The van der Waals surface area contributed by atoms with Crippen molar-refractivity contribution in [3.63, 3.8) is 0 Å². The molecule has 8 aromatic rings. The minimum Gasteiger partial charge on any atom is -0.456 e. The van der Waals surface area contributed by atoms with Crippen molar-refractivity contribution in [2.45, 2.75) is 41.5 Å². The van der Waals surface area contributed by atoms with E-state index in [1.54, 1.807) is 0 Å². The van der Waals surface area contributed by atoms with Crippen LogP contribution in [0.1, 0.15) is 33.4 Å². The fraction of sp³-hybridized carbons (Fsp3) is 0.115. The number of fused-ring (bicyclic) bond motifs is 2. The van der Waals surface area contributed by atoms with E-state index < -0.39 is 0 Å². The smallest absolute Gasteiger partial charge is 0.242 e. The summed E-state index contributed by atoms with van der Waals surface area (Å²) in [6, 6.07) is 57.3. The van der Waals surface area contributed by atoms with E-state index in [0.29, 0.717) is 0 Å². The quantitative estimate of drug-likeness (QED) is 0.153. The van der Waals surface area contributed by atoms with E-state index in [1.807, 2.05) is 0 Å². The van der Waals surface area contributed by atoms with Crippen molar-refractivity contribution in [2.75, 3.05) is 4.90 Å². The number of nitrogens with zero attached hydrogens (tertiary/aromatic N) is 1. The highest BCUT2D eigenvalue weighted by atomic mass is 16.5. The number of rotatable bonds is 7. The molecule has 2 nitrogen and oxygen atoms in total. The van der Waals surface area contributed by atoms with Gasteiger partial charge in [0.1, 0.15) is 11.5 Å². The molecule has 0 aromatic heterocycles. The van der Waals surface area contributed by atoms with Gasteiger partial charge in [-0.25, -0.2) is 0 Å². The lowest BCUT2D eigenvalue weighted by Gasteiger charge is -2.28. The Kier molecular flexibility index (Phi) is 8.66. The summed E-state index contributed by atoms with van der Waals surface area (Å²) < 4.78 is 6.79. The highest BCUT2D eigenvalue weighted by Crippen LogP contribution is 2.50. The SMILES string of the molecule is Cc1cc(C)c(B(c2ccc(-c3ccc4c5c(cccc35)Oc3cc(N(c5ccccc5)c5ccccc5)ccc3-4)cc2)c2c(C)cc(C)cc2C)c(C)c1. The van der Waals surface area contributed by atoms with Crippen molar-refractivity contribution in [2.24, 2.45) is 0 Å². The van der Waals surface area contributed by atoms with Crippen LogP contribution in [-0.4, -0.2) is 6.71 Å². The Balaban J connectivity index is 1.12. The summed E-state index contributed by atoms with van der Waals surface area (Å²) in [6.45, 7) is 13.6. The van der Waals surface area contributed by atoms with Gasteiger partial charge >= 0.3 is 0 Å². The topological polar surface area (TPSA) is 12.5 Å². The van der Waals surface area contributed by atoms with Gasteiger partial charge in [0.15, 0.2) is 0 Å². The molecule has 0 atom stereocenters. The van der Waals surface area contributed by atoms with Gasteiger partial charge in [-0.05, 0) is 106 Å². The number of anilines is 3. The largest absolute Gasteiger partial charge is 0.456 e. The Morgan fingerprint density at radius 3 is 1.51 bits per heavy atom. The molecule has 1 aliphatic heterocycles. The van der Waals surface area contributed by atoms with E-state index in [2.05, 4.69) is 204 Å². The summed E-state index contributed by atoms with van der Waals surface area (Å²) in [5, 5.41) is 2.35. The molecule has 55 heavy (non-hydrogen) atoms. The zero-order chi connectivity index (χ0) is 37.8. The van der Waals surface area contributed by atoms with Crippen molar-refractivity contribution in [1.29, 1.82) is 0 Å². The van der Waals surface area contributed by atoms with Crippen LogP contribution in [0.2, 0.25) is 0 Å². The molecule has 0 saturated heterocycles. The van der Waals surface area contributed by atoms with Gasteiger partial charge in [-0.1, -0.05) is 159 Å². The first-order chi connectivity index (χ1) is 26.7. The Morgan fingerprint density at radius 1 is 0.418 bits per heavy atom. The van der Waals surface area contributed by atoms with E-state index in [-0.39, 0.29) is 6.71 Å². The lowest BCUT2D eigenvalue weighted by molar-refractivity contribution is 0.487. The molecule has 0 N–H and O–H groups in total. The van der Waals surface area contributed by atoms with Crippen LogP contribution in [0.5, 0.6) is 11.5 Å². The van der Waals surface area contributed by atoms with Crippen molar-refractivity contribution < 1.29 is 4.74 Å². The van der Waals surface area contributed by atoms with Crippen LogP contribution in [0.4, 0.5) is 17.1 Å². The van der Waals surface area contributed by atoms with Crippen molar-refractivity contribution in [1.82, 2.24) is 0 Å². The third-order valence-electron chi connectivity index (χ3n) is 11.4. The molecule has 0 spiro atoms. The third kappa shape index (κ3) is 6.10. The van der Waals surface area contributed by atoms with Crippen LogP contribution in [-0.2, 0) is 0 Å². The number of para-hydroxylation sites is 2. The second kappa shape index (κ2) is 13.8. The summed E-state index contributed by atoms with van der Waals surface area (Å²) in [7, 11) is 0. The molecule has 3 heteroatoms. The van der Waals surface area contributed by atoms with Crippen molar-refractivity contribution >= 4 is 50.9 Å². The van der Waals surface area contributed by atoms with Gasteiger partial charge in [0.05, 0.1) is 0 Å². The fourth-order valence-corrected chi connectivity index (χ4v) is 9.24. The summed E-state index contributed by atoms with van der Waals surface area (Å²) >= 11 is 0. The molecule has 8 aromatic carbocycles. The highest BCUT2D eigenvalue weighted by Gasteiger charge is 2.29. The average Bonchev–Trinajstić information content (AvgIpc) is 3.18. The predicted molar refractivity (Wildman–Crippen MR) is 236 cm³/mol. The molecule has 0 radical (unpaired) electrons. The minimum atomic E-state index is 0.140. The maximum Gasteiger partial charge on any atom is 0.242 e. The van der Waals surface area contributed by atoms with Gasteiger partial charge in [-0.15, -0.1) is 0 Å². The fourth-order valence-electron chi connectivity index (χ4n) is 9.24.